The zero-order valence-electron chi connectivity index (χ0n) is 10.1. The highest BCUT2D eigenvalue weighted by atomic mass is 32.2. The lowest BCUT2D eigenvalue weighted by Gasteiger charge is -2.12. The average molecular weight is 275 g/mol. The number of aliphatic hydroxyl groups is 1. The number of aliphatic hydroxyl groups excluding tert-OH is 1. The van der Waals surface area contributed by atoms with Gasteiger partial charge in [0.2, 0.25) is 0 Å². The summed E-state index contributed by atoms with van der Waals surface area (Å²) in [6.07, 6.45) is 2.05. The van der Waals surface area contributed by atoms with Crippen LogP contribution in [0, 0.1) is 0 Å². The molecule has 0 aromatic rings. The smallest absolute Gasteiger partial charge is 0.334 e. The normalized spacial score (nSPS) is 15.3. The molecule has 0 bridgehead atoms. The van der Waals surface area contributed by atoms with Gasteiger partial charge in [-0.05, 0) is 18.6 Å². The third kappa shape index (κ3) is 5.05. The highest BCUT2D eigenvalue weighted by molar-refractivity contribution is 7.99. The molecule has 1 rings (SSSR count). The highest BCUT2D eigenvalue weighted by Crippen LogP contribution is 2.13. The minimum absolute atomic E-state index is 0.113. The van der Waals surface area contributed by atoms with Crippen LogP contribution in [-0.2, 0) is 19.2 Å². The summed E-state index contributed by atoms with van der Waals surface area (Å²) in [7, 11) is 0. The Kier molecular flexibility index (Phi) is 6.74. The molecule has 0 saturated carbocycles. The Hall–Kier alpha value is -1.08. The summed E-state index contributed by atoms with van der Waals surface area (Å²) in [5.74, 6) is -0.0169. The first-order valence-corrected chi connectivity index (χ1v) is 7.06. The van der Waals surface area contributed by atoms with Crippen LogP contribution in [0.25, 0.3) is 0 Å². The number of hydrogen-bond donors (Lipinski definition) is 1. The van der Waals surface area contributed by atoms with E-state index in [0.717, 1.165) is 18.6 Å². The third-order valence-corrected chi connectivity index (χ3v) is 3.42. The van der Waals surface area contributed by atoms with Crippen molar-refractivity contribution in [3.63, 3.8) is 0 Å². The van der Waals surface area contributed by atoms with Crippen molar-refractivity contribution in [1.29, 1.82) is 0 Å². The molecule has 0 atom stereocenters. The number of amides is 2. The van der Waals surface area contributed by atoms with Crippen molar-refractivity contribution in [2.24, 2.45) is 0 Å². The second kappa shape index (κ2) is 8.10. The molecule has 6 nitrogen and oxygen atoms in total. The van der Waals surface area contributed by atoms with E-state index in [1.165, 1.54) is 0 Å². The van der Waals surface area contributed by atoms with Gasteiger partial charge in [-0.15, -0.1) is 5.06 Å². The van der Waals surface area contributed by atoms with Crippen molar-refractivity contribution in [1.82, 2.24) is 5.06 Å². The van der Waals surface area contributed by atoms with E-state index in [1.54, 1.807) is 11.8 Å². The summed E-state index contributed by atoms with van der Waals surface area (Å²) in [6, 6.07) is 0. The first kappa shape index (κ1) is 15.0. The van der Waals surface area contributed by atoms with E-state index in [1.807, 2.05) is 0 Å². The van der Waals surface area contributed by atoms with E-state index >= 15 is 0 Å². The Bertz CT molecular complexity index is 305. The first-order chi connectivity index (χ1) is 8.65. The fourth-order valence-electron chi connectivity index (χ4n) is 1.38. The molecule has 0 aliphatic carbocycles. The summed E-state index contributed by atoms with van der Waals surface area (Å²) in [5.41, 5.74) is 0. The van der Waals surface area contributed by atoms with Gasteiger partial charge in [-0.1, -0.05) is 0 Å². The maximum Gasteiger partial charge on any atom is 0.334 e. The number of unbranched alkanes of at least 4 members (excludes halogenated alkanes) is 1. The summed E-state index contributed by atoms with van der Waals surface area (Å²) < 4.78 is 0. The van der Waals surface area contributed by atoms with Crippen LogP contribution in [0.1, 0.15) is 32.1 Å². The molecule has 7 heteroatoms. The molecule has 1 fully saturated rings. The molecule has 0 radical (unpaired) electrons. The van der Waals surface area contributed by atoms with Crippen LogP contribution in [0.5, 0.6) is 0 Å². The molecular formula is C11H17NO5S. The van der Waals surface area contributed by atoms with Gasteiger partial charge in [-0.2, -0.15) is 11.8 Å². The van der Waals surface area contributed by atoms with Gasteiger partial charge in [-0.3, -0.25) is 9.59 Å². The van der Waals surface area contributed by atoms with Crippen molar-refractivity contribution >= 4 is 29.5 Å². The fourth-order valence-corrected chi connectivity index (χ4v) is 2.30. The topological polar surface area (TPSA) is 83.9 Å². The molecule has 2 amide bonds. The molecule has 0 aromatic carbocycles. The van der Waals surface area contributed by atoms with Crippen molar-refractivity contribution in [2.75, 3.05) is 18.1 Å². The Labute approximate surface area is 110 Å². The summed E-state index contributed by atoms with van der Waals surface area (Å²) >= 11 is 1.58. The van der Waals surface area contributed by atoms with Gasteiger partial charge >= 0.3 is 5.97 Å². The van der Waals surface area contributed by atoms with Crippen LogP contribution >= 0.6 is 11.8 Å². The summed E-state index contributed by atoms with van der Waals surface area (Å²) in [4.78, 5) is 38.4. The number of carbonyl (C=O) groups excluding carboxylic acids is 3. The Morgan fingerprint density at radius 2 is 1.89 bits per heavy atom. The van der Waals surface area contributed by atoms with E-state index in [4.69, 9.17) is 9.94 Å². The van der Waals surface area contributed by atoms with E-state index in [0.29, 0.717) is 10.8 Å². The van der Waals surface area contributed by atoms with E-state index < -0.39 is 17.8 Å². The molecule has 0 spiro atoms. The molecule has 0 unspecified atom stereocenters. The van der Waals surface area contributed by atoms with E-state index in [9.17, 15) is 14.4 Å². The van der Waals surface area contributed by atoms with E-state index in [-0.39, 0.29) is 25.9 Å². The van der Waals surface area contributed by atoms with Crippen molar-refractivity contribution in [3.8, 4) is 0 Å². The molecule has 18 heavy (non-hydrogen) atoms. The minimum atomic E-state index is -0.562. The second-order valence-electron chi connectivity index (χ2n) is 3.84. The van der Waals surface area contributed by atoms with Crippen LogP contribution in [-0.4, -0.2) is 46.1 Å². The molecule has 1 N–H and O–H groups in total. The van der Waals surface area contributed by atoms with Crippen LogP contribution in [0.15, 0.2) is 0 Å². The number of hydrogen-bond acceptors (Lipinski definition) is 6. The Balaban J connectivity index is 2.10. The maximum absolute atomic E-state index is 11.4. The lowest BCUT2D eigenvalue weighted by atomic mass is 10.4. The molecule has 1 aliphatic rings. The minimum Gasteiger partial charge on any atom is -0.396 e. The van der Waals surface area contributed by atoms with Crippen LogP contribution < -0.4 is 0 Å². The molecule has 1 aliphatic heterocycles. The zero-order valence-corrected chi connectivity index (χ0v) is 10.9. The summed E-state index contributed by atoms with van der Waals surface area (Å²) in [5, 5.41) is 9.14. The number of imide groups is 1. The van der Waals surface area contributed by atoms with Crippen molar-refractivity contribution in [3.05, 3.63) is 0 Å². The third-order valence-electron chi connectivity index (χ3n) is 2.35. The summed E-state index contributed by atoms with van der Waals surface area (Å²) in [6.45, 7) is 0.182. The largest absolute Gasteiger partial charge is 0.396 e. The lowest BCUT2D eigenvalue weighted by Crippen LogP contribution is -2.32. The quantitative estimate of drug-likeness (QED) is 0.512. The average Bonchev–Trinajstić information content (AvgIpc) is 2.65. The highest BCUT2D eigenvalue weighted by Gasteiger charge is 2.32. The maximum atomic E-state index is 11.4. The Morgan fingerprint density at radius 1 is 1.22 bits per heavy atom. The monoisotopic (exact) mass is 275 g/mol. The lowest BCUT2D eigenvalue weighted by molar-refractivity contribution is -0.197. The fraction of sp³-hybridized carbons (Fsp3) is 0.727. The van der Waals surface area contributed by atoms with Crippen LogP contribution in [0.2, 0.25) is 0 Å². The number of thioether (sulfide) groups is 1. The molecule has 1 heterocycles. The SMILES string of the molecule is O=C(CCSCCCCO)ON1C(=O)CCC1=O. The number of carbonyl (C=O) groups is 3. The van der Waals surface area contributed by atoms with Crippen molar-refractivity contribution < 1.29 is 24.3 Å². The predicted octanol–water partition coefficient (Wildman–Crippen LogP) is 0.489. The zero-order chi connectivity index (χ0) is 13.4. The van der Waals surface area contributed by atoms with Gasteiger partial charge in [0, 0.05) is 25.2 Å². The van der Waals surface area contributed by atoms with Crippen LogP contribution in [0.4, 0.5) is 0 Å². The van der Waals surface area contributed by atoms with Gasteiger partial charge in [0.25, 0.3) is 11.8 Å². The van der Waals surface area contributed by atoms with Crippen LogP contribution in [0.3, 0.4) is 0 Å². The van der Waals surface area contributed by atoms with Gasteiger partial charge in [0.1, 0.15) is 0 Å². The molecule has 1 saturated heterocycles. The van der Waals surface area contributed by atoms with Crippen molar-refractivity contribution in [2.45, 2.75) is 32.1 Å². The Morgan fingerprint density at radius 3 is 2.50 bits per heavy atom. The predicted molar refractivity (Wildman–Crippen MR) is 65.4 cm³/mol. The number of nitrogens with zero attached hydrogens (tertiary/aromatic N) is 1. The van der Waals surface area contributed by atoms with Gasteiger partial charge < -0.3 is 9.94 Å². The molecule has 0 aromatic heterocycles. The first-order valence-electron chi connectivity index (χ1n) is 5.90. The second-order valence-corrected chi connectivity index (χ2v) is 5.06. The molecular weight excluding hydrogens is 258 g/mol. The van der Waals surface area contributed by atoms with E-state index in [2.05, 4.69) is 0 Å². The standard InChI is InChI=1S/C11H17NO5S/c13-6-1-2-7-18-8-5-11(16)17-12-9(14)3-4-10(12)15/h13H,1-8H2. The number of rotatable bonds is 8. The molecule has 102 valence electrons. The van der Waals surface area contributed by atoms with Gasteiger partial charge in [-0.25, -0.2) is 4.79 Å². The number of hydroxylamine groups is 2. The van der Waals surface area contributed by atoms with Gasteiger partial charge in [0.15, 0.2) is 0 Å². The van der Waals surface area contributed by atoms with Gasteiger partial charge in [0.05, 0.1) is 6.42 Å².